The number of rotatable bonds is 7. The molecule has 0 aliphatic carbocycles. The highest BCUT2D eigenvalue weighted by Crippen LogP contribution is 2.17. The lowest BCUT2D eigenvalue weighted by atomic mass is 10.1. The number of hydrogen-bond donors (Lipinski definition) is 2. The number of carbonyl (C=O) groups is 1. The molecule has 2 aromatic carbocycles. The van der Waals surface area contributed by atoms with E-state index in [1.807, 2.05) is 36.4 Å². The average molecular weight is 383 g/mol. The molecular formula is C20H19ClN4O2. The number of methoxy groups -OCH3 is 1. The highest BCUT2D eigenvalue weighted by atomic mass is 35.5. The van der Waals surface area contributed by atoms with E-state index in [1.165, 1.54) is 6.33 Å². The highest BCUT2D eigenvalue weighted by molar-refractivity contribution is 6.30. The summed E-state index contributed by atoms with van der Waals surface area (Å²) in [5.74, 6) is 1.10. The number of amides is 1. The average Bonchev–Trinajstić information content (AvgIpc) is 2.70. The minimum Gasteiger partial charge on any atom is -0.497 e. The summed E-state index contributed by atoms with van der Waals surface area (Å²) in [7, 11) is 1.63. The van der Waals surface area contributed by atoms with Gasteiger partial charge >= 0.3 is 0 Å². The Hall–Kier alpha value is -3.12. The Balaban J connectivity index is 1.55. The van der Waals surface area contributed by atoms with E-state index in [1.54, 1.807) is 25.3 Å². The quantitative estimate of drug-likeness (QED) is 0.649. The van der Waals surface area contributed by atoms with Crippen LogP contribution in [0.3, 0.4) is 0 Å². The molecule has 27 heavy (non-hydrogen) atoms. The van der Waals surface area contributed by atoms with Gasteiger partial charge in [-0.25, -0.2) is 9.97 Å². The summed E-state index contributed by atoms with van der Waals surface area (Å²) < 4.78 is 5.13. The maximum Gasteiger partial charge on any atom is 0.270 e. The number of carbonyl (C=O) groups excluding carboxylic acids is 1. The Morgan fingerprint density at radius 1 is 1.07 bits per heavy atom. The molecule has 0 bridgehead atoms. The lowest BCUT2D eigenvalue weighted by Crippen LogP contribution is -2.26. The predicted molar refractivity (Wildman–Crippen MR) is 106 cm³/mol. The van der Waals surface area contributed by atoms with Gasteiger partial charge in [0.05, 0.1) is 7.11 Å². The molecule has 3 rings (SSSR count). The monoisotopic (exact) mass is 382 g/mol. The first-order chi connectivity index (χ1) is 13.1. The van der Waals surface area contributed by atoms with E-state index in [4.69, 9.17) is 16.3 Å². The van der Waals surface area contributed by atoms with Gasteiger partial charge in [0.25, 0.3) is 5.91 Å². The van der Waals surface area contributed by atoms with Gasteiger partial charge in [-0.1, -0.05) is 23.7 Å². The third-order valence-corrected chi connectivity index (χ3v) is 4.13. The molecule has 1 amide bonds. The van der Waals surface area contributed by atoms with Crippen molar-refractivity contribution in [3.63, 3.8) is 0 Å². The van der Waals surface area contributed by atoms with Gasteiger partial charge in [-0.3, -0.25) is 4.79 Å². The number of nitrogens with zero attached hydrogens (tertiary/aromatic N) is 2. The number of ether oxygens (including phenoxy) is 1. The highest BCUT2D eigenvalue weighted by Gasteiger charge is 2.08. The van der Waals surface area contributed by atoms with Gasteiger partial charge in [0, 0.05) is 23.3 Å². The molecule has 0 fully saturated rings. The summed E-state index contributed by atoms with van der Waals surface area (Å²) >= 11 is 5.88. The van der Waals surface area contributed by atoms with Crippen molar-refractivity contribution in [2.24, 2.45) is 0 Å². The first kappa shape index (κ1) is 18.7. The van der Waals surface area contributed by atoms with Crippen LogP contribution in [0.5, 0.6) is 5.75 Å². The van der Waals surface area contributed by atoms with Crippen molar-refractivity contribution in [2.45, 2.75) is 6.42 Å². The van der Waals surface area contributed by atoms with Crippen LogP contribution in [0.15, 0.2) is 60.9 Å². The predicted octanol–water partition coefficient (Wildman–Crippen LogP) is 3.85. The van der Waals surface area contributed by atoms with Gasteiger partial charge in [0.2, 0.25) is 0 Å². The molecule has 6 nitrogen and oxygen atoms in total. The summed E-state index contributed by atoms with van der Waals surface area (Å²) in [5.41, 5.74) is 2.24. The lowest BCUT2D eigenvalue weighted by Gasteiger charge is -2.08. The first-order valence-corrected chi connectivity index (χ1v) is 8.77. The smallest absolute Gasteiger partial charge is 0.270 e. The minimum absolute atomic E-state index is 0.245. The van der Waals surface area contributed by atoms with E-state index in [0.717, 1.165) is 23.4 Å². The Labute approximate surface area is 162 Å². The van der Waals surface area contributed by atoms with Gasteiger partial charge in [0.1, 0.15) is 23.6 Å². The zero-order valence-electron chi connectivity index (χ0n) is 14.8. The number of aromatic nitrogens is 2. The number of anilines is 2. The van der Waals surface area contributed by atoms with Crippen LogP contribution in [0.4, 0.5) is 11.5 Å². The van der Waals surface area contributed by atoms with Crippen LogP contribution in [0.1, 0.15) is 16.1 Å². The fourth-order valence-corrected chi connectivity index (χ4v) is 2.56. The van der Waals surface area contributed by atoms with E-state index in [0.29, 0.717) is 23.1 Å². The van der Waals surface area contributed by atoms with Crippen LogP contribution in [-0.2, 0) is 6.42 Å². The van der Waals surface area contributed by atoms with Crippen molar-refractivity contribution < 1.29 is 9.53 Å². The van der Waals surface area contributed by atoms with E-state index in [-0.39, 0.29) is 5.91 Å². The molecule has 0 aliphatic rings. The molecule has 0 saturated heterocycles. The molecule has 7 heteroatoms. The third kappa shape index (κ3) is 5.43. The van der Waals surface area contributed by atoms with Crippen LogP contribution < -0.4 is 15.4 Å². The van der Waals surface area contributed by atoms with Crippen LogP contribution >= 0.6 is 11.6 Å². The zero-order valence-corrected chi connectivity index (χ0v) is 15.5. The molecule has 0 atom stereocenters. The molecule has 0 unspecified atom stereocenters. The largest absolute Gasteiger partial charge is 0.497 e. The van der Waals surface area contributed by atoms with Crippen molar-refractivity contribution >= 4 is 29.0 Å². The SMILES string of the molecule is COc1ccc(CCNC(=O)c2cc(Nc3ccc(Cl)cc3)ncn2)cc1. The van der Waals surface area contributed by atoms with E-state index in [9.17, 15) is 4.79 Å². The molecule has 0 spiro atoms. The third-order valence-electron chi connectivity index (χ3n) is 3.87. The van der Waals surface area contributed by atoms with Crippen LogP contribution in [0.25, 0.3) is 0 Å². The second kappa shape index (κ2) is 9.00. The van der Waals surface area contributed by atoms with E-state index >= 15 is 0 Å². The number of halogens is 1. The van der Waals surface area contributed by atoms with Crippen LogP contribution in [-0.4, -0.2) is 29.5 Å². The summed E-state index contributed by atoms with van der Waals surface area (Å²) in [6.45, 7) is 0.509. The number of benzene rings is 2. The van der Waals surface area contributed by atoms with Crippen molar-refractivity contribution in [3.05, 3.63) is 77.2 Å². The minimum atomic E-state index is -0.245. The summed E-state index contributed by atoms with van der Waals surface area (Å²) in [4.78, 5) is 20.5. The second-order valence-corrected chi connectivity index (χ2v) is 6.21. The normalized spacial score (nSPS) is 10.3. The number of hydrogen-bond acceptors (Lipinski definition) is 5. The molecule has 2 N–H and O–H groups in total. The molecule has 0 saturated carbocycles. The van der Waals surface area contributed by atoms with Crippen LogP contribution in [0.2, 0.25) is 5.02 Å². The Bertz CT molecular complexity index is 899. The molecule has 1 heterocycles. The molecule has 138 valence electrons. The van der Waals surface area contributed by atoms with Crippen LogP contribution in [0, 0.1) is 0 Å². The Morgan fingerprint density at radius 3 is 2.52 bits per heavy atom. The van der Waals surface area contributed by atoms with E-state index in [2.05, 4.69) is 20.6 Å². The first-order valence-electron chi connectivity index (χ1n) is 8.40. The number of nitrogens with one attached hydrogen (secondary N) is 2. The van der Waals surface area contributed by atoms with Gasteiger partial charge in [-0.2, -0.15) is 0 Å². The van der Waals surface area contributed by atoms with Crippen molar-refractivity contribution in [1.82, 2.24) is 15.3 Å². The summed E-state index contributed by atoms with van der Waals surface area (Å²) in [5, 5.41) is 6.64. The van der Waals surface area contributed by atoms with Gasteiger partial charge in [0.15, 0.2) is 0 Å². The Kier molecular flexibility index (Phi) is 6.22. The van der Waals surface area contributed by atoms with Crippen molar-refractivity contribution in [3.8, 4) is 5.75 Å². The van der Waals surface area contributed by atoms with E-state index < -0.39 is 0 Å². The molecule has 0 aliphatic heterocycles. The molecular weight excluding hydrogens is 364 g/mol. The van der Waals surface area contributed by atoms with Gasteiger partial charge in [-0.15, -0.1) is 0 Å². The van der Waals surface area contributed by atoms with Crippen molar-refractivity contribution in [1.29, 1.82) is 0 Å². The second-order valence-electron chi connectivity index (χ2n) is 5.77. The molecule has 1 aromatic heterocycles. The Morgan fingerprint density at radius 2 is 1.81 bits per heavy atom. The topological polar surface area (TPSA) is 76.1 Å². The fourth-order valence-electron chi connectivity index (χ4n) is 2.43. The van der Waals surface area contributed by atoms with Gasteiger partial charge < -0.3 is 15.4 Å². The molecule has 3 aromatic rings. The lowest BCUT2D eigenvalue weighted by molar-refractivity contribution is 0.0949. The maximum absolute atomic E-state index is 12.3. The summed E-state index contributed by atoms with van der Waals surface area (Å²) in [6.07, 6.45) is 2.08. The molecule has 0 radical (unpaired) electrons. The fraction of sp³-hybridized carbons (Fsp3) is 0.150. The van der Waals surface area contributed by atoms with Gasteiger partial charge in [-0.05, 0) is 48.4 Å². The van der Waals surface area contributed by atoms with Crippen molar-refractivity contribution in [2.75, 3.05) is 19.0 Å². The maximum atomic E-state index is 12.3. The zero-order chi connectivity index (χ0) is 19.1. The standard InChI is InChI=1S/C20H19ClN4O2/c1-27-17-8-2-14(3-9-17)10-11-22-20(26)18-12-19(24-13-23-18)25-16-6-4-15(21)5-7-16/h2-9,12-13H,10-11H2,1H3,(H,22,26)(H,23,24,25). The summed E-state index contributed by atoms with van der Waals surface area (Å²) in [6, 6.07) is 16.6.